The molecule has 190 valence electrons. The molecule has 2 aromatic rings. The molecule has 1 saturated heterocycles. The topological polar surface area (TPSA) is 120 Å². The van der Waals surface area contributed by atoms with Crippen LogP contribution in [0.2, 0.25) is 0 Å². The van der Waals surface area contributed by atoms with Gasteiger partial charge in [-0.2, -0.15) is 0 Å². The van der Waals surface area contributed by atoms with Gasteiger partial charge in [0.15, 0.2) is 11.5 Å². The fraction of sp³-hybridized carbons (Fsp3) is 0.520. The standard InChI is InChI=1S/C25H33N3O7/c1-6-34-25(31)16-9-11-28(12-10-16)24(30)22(15(2)3)26-23(29)19-14-21(35-27-19)18-8-7-17(32-4)13-20(18)33-5/h7-8,13-16,22H,6,9-12H2,1-5H3,(H,26,29)/t22-/m1/s1. The molecule has 35 heavy (non-hydrogen) atoms. The summed E-state index contributed by atoms with van der Waals surface area (Å²) in [7, 11) is 3.08. The van der Waals surface area contributed by atoms with Gasteiger partial charge in [0.2, 0.25) is 5.91 Å². The summed E-state index contributed by atoms with van der Waals surface area (Å²) in [5, 5.41) is 6.69. The minimum Gasteiger partial charge on any atom is -0.497 e. The smallest absolute Gasteiger partial charge is 0.309 e. The first-order chi connectivity index (χ1) is 16.8. The number of methoxy groups -OCH3 is 2. The maximum absolute atomic E-state index is 13.2. The molecule has 3 rings (SSSR count). The van der Waals surface area contributed by atoms with Crippen molar-refractivity contribution in [2.75, 3.05) is 33.9 Å². The summed E-state index contributed by atoms with van der Waals surface area (Å²) in [5.74, 6) is 0.210. The average molecular weight is 488 g/mol. The first kappa shape index (κ1) is 26.1. The molecule has 1 N–H and O–H groups in total. The van der Waals surface area contributed by atoms with Crippen molar-refractivity contribution in [3.8, 4) is 22.8 Å². The van der Waals surface area contributed by atoms with E-state index in [0.29, 0.717) is 55.4 Å². The van der Waals surface area contributed by atoms with Crippen molar-refractivity contribution >= 4 is 17.8 Å². The summed E-state index contributed by atoms with van der Waals surface area (Å²) >= 11 is 0. The van der Waals surface area contributed by atoms with Gasteiger partial charge in [0.1, 0.15) is 17.5 Å². The number of carbonyl (C=O) groups excluding carboxylic acids is 3. The summed E-state index contributed by atoms with van der Waals surface area (Å²) in [6.07, 6.45) is 1.08. The lowest BCUT2D eigenvalue weighted by atomic mass is 9.95. The predicted octanol–water partition coefficient (Wildman–Crippen LogP) is 2.91. The number of ether oxygens (including phenoxy) is 3. The summed E-state index contributed by atoms with van der Waals surface area (Å²) in [6, 6.07) is 5.97. The number of amides is 2. The molecule has 0 unspecified atom stereocenters. The van der Waals surface area contributed by atoms with E-state index in [2.05, 4.69) is 10.5 Å². The van der Waals surface area contributed by atoms with E-state index in [1.165, 1.54) is 13.2 Å². The van der Waals surface area contributed by atoms with Gasteiger partial charge in [-0.1, -0.05) is 19.0 Å². The number of likely N-dealkylation sites (tertiary alicyclic amines) is 1. The van der Waals surface area contributed by atoms with Gasteiger partial charge in [0.25, 0.3) is 5.91 Å². The van der Waals surface area contributed by atoms with E-state index in [1.54, 1.807) is 37.1 Å². The molecule has 1 aromatic heterocycles. The number of hydrogen-bond donors (Lipinski definition) is 1. The molecule has 10 heteroatoms. The third-order valence-electron chi connectivity index (χ3n) is 6.06. The second-order valence-corrected chi connectivity index (χ2v) is 8.69. The van der Waals surface area contributed by atoms with Crippen LogP contribution in [0, 0.1) is 11.8 Å². The van der Waals surface area contributed by atoms with Gasteiger partial charge >= 0.3 is 5.97 Å². The zero-order chi connectivity index (χ0) is 25.5. The Labute approximate surface area is 204 Å². The van der Waals surface area contributed by atoms with Gasteiger partial charge in [-0.15, -0.1) is 0 Å². The highest BCUT2D eigenvalue weighted by Gasteiger charge is 2.34. The lowest BCUT2D eigenvalue weighted by molar-refractivity contribution is -0.151. The maximum Gasteiger partial charge on any atom is 0.309 e. The first-order valence-corrected chi connectivity index (χ1v) is 11.7. The number of carbonyl (C=O) groups is 3. The lowest BCUT2D eigenvalue weighted by Gasteiger charge is -2.34. The molecule has 2 amide bonds. The number of aromatic nitrogens is 1. The summed E-state index contributed by atoms with van der Waals surface area (Å²) in [5.41, 5.74) is 0.665. The quantitative estimate of drug-likeness (QED) is 0.536. The number of nitrogens with one attached hydrogen (secondary N) is 1. The zero-order valence-electron chi connectivity index (χ0n) is 20.8. The number of piperidine rings is 1. The Kier molecular flexibility index (Phi) is 8.73. The Morgan fingerprint density at radius 3 is 2.46 bits per heavy atom. The van der Waals surface area contributed by atoms with Crippen LogP contribution in [0.1, 0.15) is 44.1 Å². The van der Waals surface area contributed by atoms with Crippen LogP contribution in [-0.4, -0.2) is 67.8 Å². The van der Waals surface area contributed by atoms with E-state index < -0.39 is 11.9 Å². The number of benzene rings is 1. The minimum atomic E-state index is -0.739. The van der Waals surface area contributed by atoms with Crippen molar-refractivity contribution in [2.24, 2.45) is 11.8 Å². The van der Waals surface area contributed by atoms with Gasteiger partial charge in [-0.05, 0) is 37.8 Å². The van der Waals surface area contributed by atoms with Crippen LogP contribution in [0.5, 0.6) is 11.5 Å². The fourth-order valence-electron chi connectivity index (χ4n) is 4.03. The van der Waals surface area contributed by atoms with Gasteiger partial charge in [0.05, 0.1) is 32.3 Å². The Morgan fingerprint density at radius 2 is 1.86 bits per heavy atom. The number of esters is 1. The second-order valence-electron chi connectivity index (χ2n) is 8.69. The van der Waals surface area contributed by atoms with Crippen molar-refractivity contribution in [1.29, 1.82) is 0 Å². The molecule has 2 heterocycles. The number of hydrogen-bond acceptors (Lipinski definition) is 8. The number of nitrogens with zero attached hydrogens (tertiary/aromatic N) is 2. The van der Waals surface area contributed by atoms with Crippen molar-refractivity contribution in [3.05, 3.63) is 30.0 Å². The minimum absolute atomic E-state index is 0.0531. The molecule has 0 bridgehead atoms. The van der Waals surface area contributed by atoms with E-state index in [-0.39, 0.29) is 29.4 Å². The molecule has 0 aliphatic carbocycles. The van der Waals surface area contributed by atoms with E-state index >= 15 is 0 Å². The van der Waals surface area contributed by atoms with E-state index in [1.807, 2.05) is 13.8 Å². The summed E-state index contributed by atoms with van der Waals surface area (Å²) in [4.78, 5) is 39.8. The molecule has 1 aliphatic rings. The van der Waals surface area contributed by atoms with E-state index in [9.17, 15) is 14.4 Å². The SMILES string of the molecule is CCOC(=O)C1CCN(C(=O)[C@H](NC(=O)c2cc(-c3ccc(OC)cc3OC)on2)C(C)C)CC1. The van der Waals surface area contributed by atoms with Crippen molar-refractivity contribution in [1.82, 2.24) is 15.4 Å². The van der Waals surface area contributed by atoms with Crippen LogP contribution in [0.25, 0.3) is 11.3 Å². The predicted molar refractivity (Wildman–Crippen MR) is 127 cm³/mol. The molecule has 10 nitrogen and oxygen atoms in total. The Balaban J connectivity index is 1.67. The van der Waals surface area contributed by atoms with Gasteiger partial charge in [-0.25, -0.2) is 0 Å². The van der Waals surface area contributed by atoms with Crippen LogP contribution >= 0.6 is 0 Å². The molecular weight excluding hydrogens is 454 g/mol. The summed E-state index contributed by atoms with van der Waals surface area (Å²) < 4.78 is 21.1. The normalized spacial score (nSPS) is 15.0. The van der Waals surface area contributed by atoms with Crippen LogP contribution in [0.3, 0.4) is 0 Å². The van der Waals surface area contributed by atoms with Crippen LogP contribution in [0.4, 0.5) is 0 Å². The second kappa shape index (κ2) is 11.7. The first-order valence-electron chi connectivity index (χ1n) is 11.7. The fourth-order valence-corrected chi connectivity index (χ4v) is 4.03. The third kappa shape index (κ3) is 6.12. The highest BCUT2D eigenvalue weighted by molar-refractivity contribution is 5.97. The molecule has 1 aromatic carbocycles. The molecule has 1 aliphatic heterocycles. The van der Waals surface area contributed by atoms with Crippen molar-refractivity contribution < 1.29 is 33.1 Å². The third-order valence-corrected chi connectivity index (χ3v) is 6.06. The lowest BCUT2D eigenvalue weighted by Crippen LogP contribution is -2.53. The van der Waals surface area contributed by atoms with Crippen LogP contribution < -0.4 is 14.8 Å². The highest BCUT2D eigenvalue weighted by atomic mass is 16.5. The maximum atomic E-state index is 13.2. The Bertz CT molecular complexity index is 1040. The molecular formula is C25H33N3O7. The van der Waals surface area contributed by atoms with Crippen LogP contribution in [0.15, 0.2) is 28.8 Å². The van der Waals surface area contributed by atoms with Gasteiger partial charge in [0, 0.05) is 25.2 Å². The monoisotopic (exact) mass is 487 g/mol. The van der Waals surface area contributed by atoms with Gasteiger partial charge < -0.3 is 29.0 Å². The highest BCUT2D eigenvalue weighted by Crippen LogP contribution is 2.33. The summed E-state index contributed by atoms with van der Waals surface area (Å²) in [6.45, 7) is 6.72. The molecule has 1 fully saturated rings. The molecule has 0 radical (unpaired) electrons. The van der Waals surface area contributed by atoms with Crippen molar-refractivity contribution in [3.63, 3.8) is 0 Å². The van der Waals surface area contributed by atoms with Crippen molar-refractivity contribution in [2.45, 2.75) is 39.7 Å². The Morgan fingerprint density at radius 1 is 1.14 bits per heavy atom. The molecule has 0 spiro atoms. The van der Waals surface area contributed by atoms with E-state index in [0.717, 1.165) is 0 Å². The van der Waals surface area contributed by atoms with E-state index in [4.69, 9.17) is 18.7 Å². The Hall–Kier alpha value is -3.56. The molecule has 1 atom stereocenters. The zero-order valence-corrected chi connectivity index (χ0v) is 20.8. The number of rotatable bonds is 9. The van der Waals surface area contributed by atoms with Gasteiger partial charge in [-0.3, -0.25) is 14.4 Å². The largest absolute Gasteiger partial charge is 0.497 e. The average Bonchev–Trinajstić information content (AvgIpc) is 3.36. The van der Waals surface area contributed by atoms with Crippen LogP contribution in [-0.2, 0) is 14.3 Å². The molecule has 0 saturated carbocycles.